The lowest BCUT2D eigenvalue weighted by Crippen LogP contribution is -2.55. The number of hydrogen-bond acceptors (Lipinski definition) is 3. The fourth-order valence-corrected chi connectivity index (χ4v) is 4.02. The molecule has 0 amide bonds. The smallest absolute Gasteiger partial charge is 0.0810 e. The summed E-state index contributed by atoms with van der Waals surface area (Å²) in [4.78, 5) is 2.68. The van der Waals surface area contributed by atoms with Crippen molar-refractivity contribution < 1.29 is 0 Å². The highest BCUT2D eigenvalue weighted by molar-refractivity contribution is 5.15. The second-order valence-electron chi connectivity index (χ2n) is 6.25. The Morgan fingerprint density at radius 2 is 1.84 bits per heavy atom. The topological polar surface area (TPSA) is 47.1 Å². The molecule has 0 spiro atoms. The predicted octanol–water partition coefficient (Wildman–Crippen LogP) is 2.22. The molecule has 1 aliphatic heterocycles. The molecule has 106 valence electrons. The Morgan fingerprint density at radius 3 is 2.42 bits per heavy atom. The van der Waals surface area contributed by atoms with Crippen LogP contribution >= 0.6 is 0 Å². The number of piperidine rings is 1. The van der Waals surface area contributed by atoms with Gasteiger partial charge in [-0.3, -0.25) is 9.58 Å². The van der Waals surface area contributed by atoms with Gasteiger partial charge in [-0.05, 0) is 44.8 Å². The molecule has 0 radical (unpaired) electrons. The van der Waals surface area contributed by atoms with Gasteiger partial charge in [-0.1, -0.05) is 19.3 Å². The Balaban J connectivity index is 1.86. The molecule has 0 bridgehead atoms. The average molecular weight is 262 g/mol. The summed E-state index contributed by atoms with van der Waals surface area (Å²) in [5.41, 5.74) is 7.90. The minimum atomic E-state index is 0.0642. The maximum absolute atomic E-state index is 6.66. The van der Waals surface area contributed by atoms with Gasteiger partial charge in [0.25, 0.3) is 0 Å². The maximum Gasteiger partial charge on any atom is 0.0810 e. The zero-order valence-corrected chi connectivity index (χ0v) is 12.0. The molecule has 2 heterocycles. The third-order valence-corrected chi connectivity index (χ3v) is 5.09. The van der Waals surface area contributed by atoms with Crippen LogP contribution < -0.4 is 5.73 Å². The Morgan fingerprint density at radius 1 is 1.16 bits per heavy atom. The SMILES string of the molecule is Cn1ccc(C(N)C2(N3CCCCC3)CCCC2)n1. The molecule has 4 heteroatoms. The van der Waals surface area contributed by atoms with E-state index < -0.39 is 0 Å². The fraction of sp³-hybridized carbons (Fsp3) is 0.800. The van der Waals surface area contributed by atoms with Gasteiger partial charge in [0.05, 0.1) is 11.7 Å². The third-order valence-electron chi connectivity index (χ3n) is 5.09. The normalized spacial score (nSPS) is 25.6. The van der Waals surface area contributed by atoms with Crippen LogP contribution in [0.2, 0.25) is 0 Å². The molecule has 19 heavy (non-hydrogen) atoms. The molecule has 2 N–H and O–H groups in total. The van der Waals surface area contributed by atoms with Gasteiger partial charge < -0.3 is 5.73 Å². The molecule has 1 aromatic rings. The lowest BCUT2D eigenvalue weighted by atomic mass is 9.83. The van der Waals surface area contributed by atoms with Crippen molar-refractivity contribution >= 4 is 0 Å². The minimum absolute atomic E-state index is 0.0642. The molecule has 1 unspecified atom stereocenters. The molecule has 1 atom stereocenters. The molecule has 1 aromatic heterocycles. The van der Waals surface area contributed by atoms with E-state index in [1.54, 1.807) is 0 Å². The summed E-state index contributed by atoms with van der Waals surface area (Å²) in [6, 6.07) is 2.16. The third kappa shape index (κ3) is 2.32. The maximum atomic E-state index is 6.66. The summed E-state index contributed by atoms with van der Waals surface area (Å²) in [6.45, 7) is 2.45. The fourth-order valence-electron chi connectivity index (χ4n) is 4.02. The van der Waals surface area contributed by atoms with E-state index in [2.05, 4.69) is 16.1 Å². The van der Waals surface area contributed by atoms with Crippen molar-refractivity contribution in [1.82, 2.24) is 14.7 Å². The Bertz CT molecular complexity index is 414. The van der Waals surface area contributed by atoms with Crippen LogP contribution in [0.1, 0.15) is 56.7 Å². The first-order chi connectivity index (χ1) is 9.22. The van der Waals surface area contributed by atoms with Crippen molar-refractivity contribution in [2.45, 2.75) is 56.5 Å². The molecule has 1 saturated heterocycles. The lowest BCUT2D eigenvalue weighted by Gasteiger charge is -2.46. The van der Waals surface area contributed by atoms with Crippen LogP contribution in [-0.2, 0) is 7.05 Å². The van der Waals surface area contributed by atoms with Crippen LogP contribution in [0.5, 0.6) is 0 Å². The van der Waals surface area contributed by atoms with Gasteiger partial charge in [-0.25, -0.2) is 0 Å². The van der Waals surface area contributed by atoms with Crippen molar-refractivity contribution in [2.24, 2.45) is 12.8 Å². The summed E-state index contributed by atoms with van der Waals surface area (Å²) in [7, 11) is 1.97. The van der Waals surface area contributed by atoms with E-state index in [1.807, 2.05) is 17.9 Å². The zero-order valence-electron chi connectivity index (χ0n) is 12.0. The number of aromatic nitrogens is 2. The summed E-state index contributed by atoms with van der Waals surface area (Å²) < 4.78 is 1.87. The summed E-state index contributed by atoms with van der Waals surface area (Å²) in [5, 5.41) is 4.56. The monoisotopic (exact) mass is 262 g/mol. The highest BCUT2D eigenvalue weighted by atomic mass is 15.3. The molecule has 1 aliphatic carbocycles. The number of aryl methyl sites for hydroxylation is 1. The summed E-state index contributed by atoms with van der Waals surface area (Å²) >= 11 is 0. The standard InChI is InChI=1S/C15H26N4/c1-18-12-7-13(17-18)14(16)15(8-3-4-9-15)19-10-5-2-6-11-19/h7,12,14H,2-6,8-11,16H2,1H3. The first-order valence-electron chi connectivity index (χ1n) is 7.72. The number of likely N-dealkylation sites (tertiary alicyclic amines) is 1. The van der Waals surface area contributed by atoms with Gasteiger partial charge in [0.1, 0.15) is 0 Å². The second-order valence-corrected chi connectivity index (χ2v) is 6.25. The molecule has 2 fully saturated rings. The van der Waals surface area contributed by atoms with Gasteiger partial charge in [0.2, 0.25) is 0 Å². The molecular weight excluding hydrogens is 236 g/mol. The van der Waals surface area contributed by atoms with E-state index in [0.717, 1.165) is 5.69 Å². The van der Waals surface area contributed by atoms with Crippen molar-refractivity contribution in [1.29, 1.82) is 0 Å². The molecule has 1 saturated carbocycles. The van der Waals surface area contributed by atoms with Crippen LogP contribution in [0.15, 0.2) is 12.3 Å². The van der Waals surface area contributed by atoms with Gasteiger partial charge in [0.15, 0.2) is 0 Å². The van der Waals surface area contributed by atoms with Gasteiger partial charge >= 0.3 is 0 Å². The number of nitrogens with zero attached hydrogens (tertiary/aromatic N) is 3. The Labute approximate surface area is 116 Å². The van der Waals surface area contributed by atoms with Crippen molar-refractivity contribution in [3.05, 3.63) is 18.0 Å². The van der Waals surface area contributed by atoms with E-state index in [9.17, 15) is 0 Å². The van der Waals surface area contributed by atoms with Crippen LogP contribution in [0.4, 0.5) is 0 Å². The van der Waals surface area contributed by atoms with Crippen LogP contribution in [-0.4, -0.2) is 33.3 Å². The van der Waals surface area contributed by atoms with E-state index >= 15 is 0 Å². The number of nitrogens with two attached hydrogens (primary N) is 1. The molecular formula is C15H26N4. The van der Waals surface area contributed by atoms with Gasteiger partial charge in [-0.15, -0.1) is 0 Å². The van der Waals surface area contributed by atoms with E-state index in [-0.39, 0.29) is 11.6 Å². The molecule has 2 aliphatic rings. The second kappa shape index (κ2) is 5.25. The summed E-state index contributed by atoms with van der Waals surface area (Å²) in [6.07, 6.45) is 11.2. The Hall–Kier alpha value is -0.870. The van der Waals surface area contributed by atoms with E-state index in [0.29, 0.717) is 0 Å². The number of hydrogen-bond donors (Lipinski definition) is 1. The van der Waals surface area contributed by atoms with Crippen molar-refractivity contribution in [2.75, 3.05) is 13.1 Å². The van der Waals surface area contributed by atoms with Gasteiger partial charge in [0, 0.05) is 18.8 Å². The summed E-state index contributed by atoms with van der Waals surface area (Å²) in [5.74, 6) is 0. The zero-order chi connectivity index (χ0) is 13.3. The molecule has 3 rings (SSSR count). The average Bonchev–Trinajstić information content (AvgIpc) is 3.08. The largest absolute Gasteiger partial charge is 0.321 e. The first-order valence-corrected chi connectivity index (χ1v) is 7.72. The first kappa shape index (κ1) is 13.1. The lowest BCUT2D eigenvalue weighted by molar-refractivity contribution is 0.0465. The van der Waals surface area contributed by atoms with E-state index in [4.69, 9.17) is 5.73 Å². The van der Waals surface area contributed by atoms with E-state index in [1.165, 1.54) is 58.0 Å². The minimum Gasteiger partial charge on any atom is -0.321 e. The predicted molar refractivity (Wildman–Crippen MR) is 76.8 cm³/mol. The quantitative estimate of drug-likeness (QED) is 0.908. The van der Waals surface area contributed by atoms with Gasteiger partial charge in [-0.2, -0.15) is 5.10 Å². The molecule has 0 aromatic carbocycles. The van der Waals surface area contributed by atoms with Crippen molar-refractivity contribution in [3.63, 3.8) is 0 Å². The van der Waals surface area contributed by atoms with Crippen LogP contribution in [0, 0.1) is 0 Å². The van der Waals surface area contributed by atoms with Crippen molar-refractivity contribution in [3.8, 4) is 0 Å². The van der Waals surface area contributed by atoms with Crippen LogP contribution in [0.3, 0.4) is 0 Å². The Kier molecular flexibility index (Phi) is 3.63. The highest BCUT2D eigenvalue weighted by Crippen LogP contribution is 2.44. The van der Waals surface area contributed by atoms with Crippen LogP contribution in [0.25, 0.3) is 0 Å². The highest BCUT2D eigenvalue weighted by Gasteiger charge is 2.45. The number of rotatable bonds is 3. The molecule has 4 nitrogen and oxygen atoms in total.